The SMILES string of the molecule is Cc1ccc(-c2c(N)cccc2-c2ccccc2)c(C)c1. The smallest absolute Gasteiger partial charge is 0.0400 e. The third-order valence-electron chi connectivity index (χ3n) is 3.83. The highest BCUT2D eigenvalue weighted by Gasteiger charge is 2.12. The van der Waals surface area contributed by atoms with Gasteiger partial charge < -0.3 is 5.73 Å². The standard InChI is InChI=1S/C20H19N/c1-14-11-12-17(15(2)13-14)20-18(9-6-10-19(20)21)16-7-4-3-5-8-16/h3-13H,21H2,1-2H3. The Bertz CT molecular complexity index is 773. The van der Waals surface area contributed by atoms with Crippen LogP contribution in [0.15, 0.2) is 66.7 Å². The summed E-state index contributed by atoms with van der Waals surface area (Å²) in [6, 6.07) is 23.1. The molecule has 0 aromatic heterocycles. The van der Waals surface area contributed by atoms with E-state index in [0.717, 1.165) is 11.3 Å². The summed E-state index contributed by atoms with van der Waals surface area (Å²) in [6.07, 6.45) is 0. The molecule has 3 aromatic rings. The lowest BCUT2D eigenvalue weighted by Crippen LogP contribution is -1.95. The number of nitrogens with two attached hydrogens (primary N) is 1. The first-order valence-electron chi connectivity index (χ1n) is 7.18. The van der Waals surface area contributed by atoms with E-state index in [2.05, 4.69) is 62.4 Å². The molecule has 3 rings (SSSR count). The van der Waals surface area contributed by atoms with E-state index in [-0.39, 0.29) is 0 Å². The molecule has 0 aliphatic rings. The van der Waals surface area contributed by atoms with Gasteiger partial charge in [0.2, 0.25) is 0 Å². The highest BCUT2D eigenvalue weighted by Crippen LogP contribution is 2.38. The first kappa shape index (κ1) is 13.4. The molecule has 0 saturated carbocycles. The van der Waals surface area contributed by atoms with Gasteiger partial charge in [-0.15, -0.1) is 0 Å². The highest BCUT2D eigenvalue weighted by atomic mass is 14.6. The molecule has 1 heteroatoms. The van der Waals surface area contributed by atoms with Crippen LogP contribution in [0.1, 0.15) is 11.1 Å². The number of anilines is 1. The van der Waals surface area contributed by atoms with Crippen LogP contribution in [0.25, 0.3) is 22.3 Å². The van der Waals surface area contributed by atoms with Crippen LogP contribution in [0.3, 0.4) is 0 Å². The number of hydrogen-bond acceptors (Lipinski definition) is 1. The van der Waals surface area contributed by atoms with Crippen LogP contribution in [0.4, 0.5) is 5.69 Å². The van der Waals surface area contributed by atoms with Crippen molar-refractivity contribution in [3.05, 3.63) is 77.9 Å². The Kier molecular flexibility index (Phi) is 3.49. The Balaban J connectivity index is 2.27. The van der Waals surface area contributed by atoms with Crippen molar-refractivity contribution in [1.82, 2.24) is 0 Å². The Hall–Kier alpha value is -2.54. The molecule has 0 heterocycles. The molecule has 0 spiro atoms. The zero-order chi connectivity index (χ0) is 14.8. The average Bonchev–Trinajstić information content (AvgIpc) is 2.49. The molecule has 0 fully saturated rings. The molecule has 0 bridgehead atoms. The van der Waals surface area contributed by atoms with E-state index in [1.807, 2.05) is 18.2 Å². The second-order valence-corrected chi connectivity index (χ2v) is 5.45. The van der Waals surface area contributed by atoms with E-state index in [4.69, 9.17) is 5.73 Å². The fraction of sp³-hybridized carbons (Fsp3) is 0.100. The summed E-state index contributed by atoms with van der Waals surface area (Å²) in [5.41, 5.74) is 14.4. The maximum atomic E-state index is 6.30. The van der Waals surface area contributed by atoms with Crippen molar-refractivity contribution < 1.29 is 0 Å². The van der Waals surface area contributed by atoms with Crippen molar-refractivity contribution in [2.45, 2.75) is 13.8 Å². The van der Waals surface area contributed by atoms with Gasteiger partial charge in [-0.1, -0.05) is 66.2 Å². The van der Waals surface area contributed by atoms with Gasteiger partial charge in [-0.3, -0.25) is 0 Å². The molecule has 3 aromatic carbocycles. The van der Waals surface area contributed by atoms with E-state index in [9.17, 15) is 0 Å². The first-order chi connectivity index (χ1) is 10.2. The summed E-state index contributed by atoms with van der Waals surface area (Å²) in [5.74, 6) is 0. The predicted octanol–water partition coefficient (Wildman–Crippen LogP) is 5.22. The normalized spacial score (nSPS) is 10.6. The average molecular weight is 273 g/mol. The van der Waals surface area contributed by atoms with Gasteiger partial charge in [-0.2, -0.15) is 0 Å². The molecule has 0 aliphatic carbocycles. The monoisotopic (exact) mass is 273 g/mol. The molecule has 0 amide bonds. The Labute approximate surface area is 126 Å². The van der Waals surface area contributed by atoms with Crippen LogP contribution >= 0.6 is 0 Å². The molecule has 104 valence electrons. The van der Waals surface area contributed by atoms with Gasteiger partial charge in [-0.05, 0) is 42.2 Å². The minimum Gasteiger partial charge on any atom is -0.398 e. The third kappa shape index (κ3) is 2.55. The van der Waals surface area contributed by atoms with Crippen LogP contribution in [-0.4, -0.2) is 0 Å². The molecule has 1 nitrogen and oxygen atoms in total. The second-order valence-electron chi connectivity index (χ2n) is 5.45. The van der Waals surface area contributed by atoms with Crippen LogP contribution in [0.2, 0.25) is 0 Å². The predicted molar refractivity (Wildman–Crippen MR) is 91.2 cm³/mol. The molecule has 0 atom stereocenters. The highest BCUT2D eigenvalue weighted by molar-refractivity contribution is 5.92. The molecule has 0 aliphatic heterocycles. The van der Waals surface area contributed by atoms with Crippen molar-refractivity contribution in [3.63, 3.8) is 0 Å². The molecule has 2 N–H and O–H groups in total. The third-order valence-corrected chi connectivity index (χ3v) is 3.83. The van der Waals surface area contributed by atoms with Crippen molar-refractivity contribution in [3.8, 4) is 22.3 Å². The van der Waals surface area contributed by atoms with Gasteiger partial charge >= 0.3 is 0 Å². The minimum absolute atomic E-state index is 0.823. The van der Waals surface area contributed by atoms with Crippen LogP contribution in [0.5, 0.6) is 0 Å². The second kappa shape index (κ2) is 5.45. The minimum atomic E-state index is 0.823. The lowest BCUT2D eigenvalue weighted by atomic mass is 9.90. The maximum Gasteiger partial charge on any atom is 0.0400 e. The molecular formula is C20H19N. The molecular weight excluding hydrogens is 254 g/mol. The van der Waals surface area contributed by atoms with Gasteiger partial charge in [0, 0.05) is 11.3 Å². The fourth-order valence-corrected chi connectivity index (χ4v) is 2.82. The van der Waals surface area contributed by atoms with Gasteiger partial charge in [0.25, 0.3) is 0 Å². The van der Waals surface area contributed by atoms with E-state index in [1.165, 1.54) is 27.8 Å². The zero-order valence-electron chi connectivity index (χ0n) is 12.4. The summed E-state index contributed by atoms with van der Waals surface area (Å²) in [6.45, 7) is 4.26. The van der Waals surface area contributed by atoms with Gasteiger partial charge in [0.1, 0.15) is 0 Å². The quantitative estimate of drug-likeness (QED) is 0.636. The summed E-state index contributed by atoms with van der Waals surface area (Å²) in [4.78, 5) is 0. The van der Waals surface area contributed by atoms with Crippen molar-refractivity contribution in [2.24, 2.45) is 0 Å². The summed E-state index contributed by atoms with van der Waals surface area (Å²) in [7, 11) is 0. The maximum absolute atomic E-state index is 6.30. The van der Waals surface area contributed by atoms with Crippen LogP contribution in [0, 0.1) is 13.8 Å². The summed E-state index contributed by atoms with van der Waals surface area (Å²) >= 11 is 0. The van der Waals surface area contributed by atoms with Crippen molar-refractivity contribution in [1.29, 1.82) is 0 Å². The van der Waals surface area contributed by atoms with Gasteiger partial charge in [-0.25, -0.2) is 0 Å². The molecule has 21 heavy (non-hydrogen) atoms. The Morgan fingerprint density at radius 1 is 0.714 bits per heavy atom. The van der Waals surface area contributed by atoms with Crippen molar-refractivity contribution >= 4 is 5.69 Å². The van der Waals surface area contributed by atoms with Gasteiger partial charge in [0.15, 0.2) is 0 Å². The number of rotatable bonds is 2. The van der Waals surface area contributed by atoms with E-state index in [0.29, 0.717) is 0 Å². The Morgan fingerprint density at radius 2 is 1.48 bits per heavy atom. The molecule has 0 saturated heterocycles. The fourth-order valence-electron chi connectivity index (χ4n) is 2.82. The van der Waals surface area contributed by atoms with Crippen molar-refractivity contribution in [2.75, 3.05) is 5.73 Å². The topological polar surface area (TPSA) is 26.0 Å². The zero-order valence-corrected chi connectivity index (χ0v) is 12.4. The molecule has 0 unspecified atom stereocenters. The van der Waals surface area contributed by atoms with Crippen LogP contribution < -0.4 is 5.73 Å². The van der Waals surface area contributed by atoms with Gasteiger partial charge in [0.05, 0.1) is 0 Å². The number of benzene rings is 3. The number of aryl methyl sites for hydroxylation is 2. The van der Waals surface area contributed by atoms with E-state index < -0.39 is 0 Å². The lowest BCUT2D eigenvalue weighted by Gasteiger charge is -2.15. The summed E-state index contributed by atoms with van der Waals surface area (Å²) in [5, 5.41) is 0. The van der Waals surface area contributed by atoms with E-state index in [1.54, 1.807) is 0 Å². The largest absolute Gasteiger partial charge is 0.398 e. The number of hydrogen-bond donors (Lipinski definition) is 1. The van der Waals surface area contributed by atoms with Crippen LogP contribution in [-0.2, 0) is 0 Å². The molecule has 0 radical (unpaired) electrons. The summed E-state index contributed by atoms with van der Waals surface area (Å²) < 4.78 is 0. The van der Waals surface area contributed by atoms with E-state index >= 15 is 0 Å². The first-order valence-corrected chi connectivity index (χ1v) is 7.18. The Morgan fingerprint density at radius 3 is 2.19 bits per heavy atom. The number of nitrogen functional groups attached to an aromatic ring is 1. The lowest BCUT2D eigenvalue weighted by molar-refractivity contribution is 1.38.